The van der Waals surface area contributed by atoms with E-state index in [0.717, 1.165) is 0 Å². The van der Waals surface area contributed by atoms with Gasteiger partial charge in [-0.1, -0.05) is 0 Å². The Morgan fingerprint density at radius 3 is 2.63 bits per heavy atom. The first kappa shape index (κ1) is 32.0. The number of halogens is 1. The highest BCUT2D eigenvalue weighted by molar-refractivity contribution is 14.1. The number of nitrogens with one attached hydrogen (secondary N) is 1. The van der Waals surface area contributed by atoms with Crippen LogP contribution < -0.4 is 14.8 Å². The molecule has 2 rings (SSSR count). The van der Waals surface area contributed by atoms with Crippen molar-refractivity contribution in [1.29, 1.82) is 0 Å². The smallest absolute Gasteiger partial charge is 0.248 e. The number of rotatable bonds is 15. The average molecular weight is 648 g/mol. The van der Waals surface area contributed by atoms with Gasteiger partial charge in [0.05, 0.1) is 29.4 Å². The molecule has 38 heavy (non-hydrogen) atoms. The lowest BCUT2D eigenvalue weighted by molar-refractivity contribution is -0.142. The van der Waals surface area contributed by atoms with Crippen LogP contribution in [0.4, 0.5) is 0 Å². The number of carbonyl (C=O) groups excluding carboxylic acids is 3. The Hall–Kier alpha value is -2.26. The van der Waals surface area contributed by atoms with Crippen LogP contribution in [-0.4, -0.2) is 105 Å². The van der Waals surface area contributed by atoms with Gasteiger partial charge >= 0.3 is 0 Å². The lowest BCUT2D eigenvalue weighted by Crippen LogP contribution is -2.56. The molecule has 3 N–H and O–H groups in total. The third-order valence-corrected chi connectivity index (χ3v) is 6.64. The predicted octanol–water partition coefficient (Wildman–Crippen LogP) is 1.32. The van der Waals surface area contributed by atoms with Crippen molar-refractivity contribution in [2.45, 2.75) is 51.0 Å². The summed E-state index contributed by atoms with van der Waals surface area (Å²) in [7, 11) is 2.84. The highest BCUT2D eigenvalue weighted by Crippen LogP contribution is 2.37. The molecule has 0 saturated heterocycles. The maximum absolute atomic E-state index is 13.1. The standard InChI is InChI=1S/C26H37IN2O9/c1-16(2)37-9-5-7-29(23(32)15-35-3)20-12-18(26(34)28-6-8-30)13-21(24(20)33)38-25-19(27)10-17(14-31)11-22(25)36-4/h10-11,13-14,16,20-21,24,30,33H,5-9,12,15H2,1-4H3,(H,28,34). The molecule has 212 valence electrons. The number of aldehydes is 1. The third kappa shape index (κ3) is 8.90. The van der Waals surface area contributed by atoms with Crippen LogP contribution in [0.15, 0.2) is 23.8 Å². The van der Waals surface area contributed by atoms with Gasteiger partial charge in [0.2, 0.25) is 11.8 Å². The van der Waals surface area contributed by atoms with Crippen LogP contribution in [0.2, 0.25) is 0 Å². The Balaban J connectivity index is 2.44. The Kier molecular flexibility index (Phi) is 13.4. The van der Waals surface area contributed by atoms with Crippen LogP contribution in [0.1, 0.15) is 37.0 Å². The first-order valence-electron chi connectivity index (χ1n) is 12.3. The highest BCUT2D eigenvalue weighted by atomic mass is 127. The number of benzene rings is 1. The molecule has 0 radical (unpaired) electrons. The Labute approximate surface area is 236 Å². The van der Waals surface area contributed by atoms with E-state index in [4.69, 9.17) is 24.1 Å². The molecule has 12 heteroatoms. The first-order valence-corrected chi connectivity index (χ1v) is 13.4. The van der Waals surface area contributed by atoms with E-state index in [-0.39, 0.29) is 56.2 Å². The summed E-state index contributed by atoms with van der Waals surface area (Å²) in [4.78, 5) is 38.7. The van der Waals surface area contributed by atoms with E-state index in [1.54, 1.807) is 6.07 Å². The van der Waals surface area contributed by atoms with Gasteiger partial charge in [0.15, 0.2) is 11.5 Å². The molecule has 0 aromatic heterocycles. The number of aliphatic hydroxyl groups excluding tert-OH is 2. The Bertz CT molecular complexity index is 986. The van der Waals surface area contributed by atoms with Crippen LogP contribution in [0.25, 0.3) is 0 Å². The van der Waals surface area contributed by atoms with Crippen LogP contribution in [-0.2, 0) is 19.1 Å². The number of nitrogens with zero attached hydrogens (tertiary/aromatic N) is 1. The molecule has 0 spiro atoms. The Morgan fingerprint density at radius 1 is 1.29 bits per heavy atom. The van der Waals surface area contributed by atoms with Gasteiger partial charge in [-0.25, -0.2) is 0 Å². The molecule has 3 atom stereocenters. The van der Waals surface area contributed by atoms with Crippen molar-refractivity contribution in [1.82, 2.24) is 10.2 Å². The minimum Gasteiger partial charge on any atom is -0.493 e. The minimum atomic E-state index is -1.21. The molecule has 0 fully saturated rings. The van der Waals surface area contributed by atoms with Crippen molar-refractivity contribution in [3.63, 3.8) is 0 Å². The van der Waals surface area contributed by atoms with Crippen molar-refractivity contribution in [2.24, 2.45) is 0 Å². The molecule has 3 unspecified atom stereocenters. The molecule has 1 aliphatic rings. The number of hydrogen-bond donors (Lipinski definition) is 3. The summed E-state index contributed by atoms with van der Waals surface area (Å²) in [5.74, 6) is -0.217. The van der Waals surface area contributed by atoms with Crippen molar-refractivity contribution in [2.75, 3.05) is 47.1 Å². The van der Waals surface area contributed by atoms with Crippen LogP contribution in [0.3, 0.4) is 0 Å². The van der Waals surface area contributed by atoms with Gasteiger partial charge in [-0.05, 0) is 61.1 Å². The second-order valence-corrected chi connectivity index (χ2v) is 10.1. The van der Waals surface area contributed by atoms with Crippen LogP contribution in [0, 0.1) is 3.57 Å². The van der Waals surface area contributed by atoms with Crippen LogP contribution >= 0.6 is 22.6 Å². The molecule has 0 bridgehead atoms. The molecular formula is C26H37IN2O9. The molecular weight excluding hydrogens is 611 g/mol. The summed E-state index contributed by atoms with van der Waals surface area (Å²) >= 11 is 2.00. The normalized spacial score (nSPS) is 19.1. The maximum Gasteiger partial charge on any atom is 0.248 e. The zero-order chi connectivity index (χ0) is 28.2. The molecule has 0 heterocycles. The fraction of sp³-hybridized carbons (Fsp3) is 0.577. The third-order valence-electron chi connectivity index (χ3n) is 5.84. The summed E-state index contributed by atoms with van der Waals surface area (Å²) in [6, 6.07) is 2.32. The summed E-state index contributed by atoms with van der Waals surface area (Å²) in [5, 5.41) is 23.2. The summed E-state index contributed by atoms with van der Waals surface area (Å²) < 4.78 is 22.8. The van der Waals surface area contributed by atoms with E-state index in [1.165, 1.54) is 31.3 Å². The van der Waals surface area contributed by atoms with Gasteiger partial charge < -0.3 is 39.4 Å². The molecule has 11 nitrogen and oxygen atoms in total. The molecule has 2 amide bonds. The first-order chi connectivity index (χ1) is 18.2. The van der Waals surface area contributed by atoms with Crippen molar-refractivity contribution < 1.29 is 43.5 Å². The molecule has 0 saturated carbocycles. The fourth-order valence-electron chi connectivity index (χ4n) is 4.07. The van der Waals surface area contributed by atoms with Gasteiger partial charge in [-0.2, -0.15) is 0 Å². The van der Waals surface area contributed by atoms with Gasteiger partial charge in [0.25, 0.3) is 0 Å². The minimum absolute atomic E-state index is 0.0315. The van der Waals surface area contributed by atoms with E-state index in [1.807, 2.05) is 36.4 Å². The average Bonchev–Trinajstić information content (AvgIpc) is 2.89. The van der Waals surface area contributed by atoms with Gasteiger partial charge in [0, 0.05) is 44.4 Å². The van der Waals surface area contributed by atoms with Gasteiger partial charge in [-0.15, -0.1) is 0 Å². The second kappa shape index (κ2) is 16.0. The number of hydrogen-bond acceptors (Lipinski definition) is 9. The van der Waals surface area contributed by atoms with Gasteiger partial charge in [0.1, 0.15) is 25.1 Å². The quantitative estimate of drug-likeness (QED) is 0.146. The topological polar surface area (TPSA) is 144 Å². The van der Waals surface area contributed by atoms with E-state index < -0.39 is 24.2 Å². The van der Waals surface area contributed by atoms with Crippen molar-refractivity contribution in [3.05, 3.63) is 32.9 Å². The summed E-state index contributed by atoms with van der Waals surface area (Å²) in [6.45, 7) is 4.12. The summed E-state index contributed by atoms with van der Waals surface area (Å²) in [5.41, 5.74) is 0.686. The number of methoxy groups -OCH3 is 2. The molecule has 1 aliphatic carbocycles. The van der Waals surface area contributed by atoms with E-state index in [2.05, 4.69) is 5.32 Å². The monoisotopic (exact) mass is 648 g/mol. The maximum atomic E-state index is 13.1. The summed E-state index contributed by atoms with van der Waals surface area (Å²) in [6.07, 6.45) is 0.571. The molecule has 1 aromatic rings. The van der Waals surface area contributed by atoms with E-state index in [0.29, 0.717) is 34.0 Å². The van der Waals surface area contributed by atoms with Gasteiger partial charge in [-0.3, -0.25) is 14.4 Å². The zero-order valence-electron chi connectivity index (χ0n) is 22.1. The van der Waals surface area contributed by atoms with E-state index >= 15 is 0 Å². The second-order valence-electron chi connectivity index (χ2n) is 8.96. The number of carbonyl (C=O) groups is 3. The Morgan fingerprint density at radius 2 is 2.03 bits per heavy atom. The lowest BCUT2D eigenvalue weighted by Gasteiger charge is -2.40. The van der Waals surface area contributed by atoms with Crippen LogP contribution in [0.5, 0.6) is 11.5 Å². The largest absolute Gasteiger partial charge is 0.493 e. The highest BCUT2D eigenvalue weighted by Gasteiger charge is 2.40. The number of aliphatic hydroxyl groups is 2. The van der Waals surface area contributed by atoms with Crippen molar-refractivity contribution >= 4 is 40.7 Å². The fourth-order valence-corrected chi connectivity index (χ4v) is 4.83. The van der Waals surface area contributed by atoms with E-state index in [9.17, 15) is 19.5 Å². The predicted molar refractivity (Wildman–Crippen MR) is 147 cm³/mol. The lowest BCUT2D eigenvalue weighted by atomic mass is 9.88. The molecule has 1 aromatic carbocycles. The zero-order valence-corrected chi connectivity index (χ0v) is 24.3. The SMILES string of the molecule is COCC(=O)N(CCCOC(C)C)C1CC(C(=O)NCCO)=CC(Oc2c(I)cc(C=O)cc2OC)C1O. The van der Waals surface area contributed by atoms with Crippen molar-refractivity contribution in [3.8, 4) is 11.5 Å². The molecule has 0 aliphatic heterocycles. The number of ether oxygens (including phenoxy) is 4. The number of amides is 2.